The van der Waals surface area contributed by atoms with Gasteiger partial charge < -0.3 is 10.6 Å². The number of hydrogen-bond acceptors (Lipinski definition) is 6. The van der Waals surface area contributed by atoms with Crippen LogP contribution in [0.2, 0.25) is 0 Å². The van der Waals surface area contributed by atoms with Gasteiger partial charge in [-0.3, -0.25) is 23.6 Å². The maximum atomic E-state index is 14.2. The Hall–Kier alpha value is -3.48. The van der Waals surface area contributed by atoms with E-state index in [2.05, 4.69) is 9.97 Å². The van der Waals surface area contributed by atoms with Crippen molar-refractivity contribution in [1.29, 1.82) is 0 Å². The number of halogens is 4. The molecule has 1 aromatic carbocycles. The van der Waals surface area contributed by atoms with E-state index in [9.17, 15) is 27.2 Å². The summed E-state index contributed by atoms with van der Waals surface area (Å²) in [5, 5.41) is 0. The zero-order valence-electron chi connectivity index (χ0n) is 18.1. The van der Waals surface area contributed by atoms with E-state index >= 15 is 0 Å². The van der Waals surface area contributed by atoms with Crippen LogP contribution in [-0.4, -0.2) is 50.7 Å². The van der Waals surface area contributed by atoms with Crippen LogP contribution in [0.1, 0.15) is 25.3 Å². The number of carbonyl (C=O) groups excluding carboxylic acids is 1. The molecule has 0 aliphatic carbocycles. The van der Waals surface area contributed by atoms with Crippen LogP contribution < -0.4 is 21.1 Å². The molecule has 5 rings (SSSR count). The molecule has 34 heavy (non-hydrogen) atoms. The molecule has 1 saturated heterocycles. The van der Waals surface area contributed by atoms with E-state index in [-0.39, 0.29) is 48.1 Å². The van der Waals surface area contributed by atoms with Gasteiger partial charge in [-0.25, -0.2) is 4.39 Å². The Bertz CT molecular complexity index is 1360. The van der Waals surface area contributed by atoms with Crippen molar-refractivity contribution in [3.63, 3.8) is 0 Å². The van der Waals surface area contributed by atoms with E-state index in [0.29, 0.717) is 31.6 Å². The summed E-state index contributed by atoms with van der Waals surface area (Å²) in [6.07, 6.45) is -3.43. The zero-order valence-corrected chi connectivity index (χ0v) is 18.1. The summed E-state index contributed by atoms with van der Waals surface area (Å²) in [5.74, 6) is -1.18. The fourth-order valence-corrected chi connectivity index (χ4v) is 4.60. The normalized spacial score (nSPS) is 18.8. The third-order valence-electron chi connectivity index (χ3n) is 6.14. The van der Waals surface area contributed by atoms with E-state index in [1.54, 1.807) is 11.8 Å². The maximum absolute atomic E-state index is 14.2. The van der Waals surface area contributed by atoms with E-state index in [1.807, 2.05) is 0 Å². The van der Waals surface area contributed by atoms with Gasteiger partial charge in [-0.1, -0.05) is 0 Å². The highest BCUT2D eigenvalue weighted by molar-refractivity contribution is 5.96. The molecule has 0 bridgehead atoms. The molecule has 1 fully saturated rings. The van der Waals surface area contributed by atoms with Crippen molar-refractivity contribution >= 4 is 29.0 Å². The number of alkyl halides is 3. The van der Waals surface area contributed by atoms with Gasteiger partial charge in [-0.15, -0.1) is 0 Å². The summed E-state index contributed by atoms with van der Waals surface area (Å²) in [5.41, 5.74) is 3.24. The summed E-state index contributed by atoms with van der Waals surface area (Å²) < 4.78 is 58.2. The predicted molar refractivity (Wildman–Crippen MR) is 116 cm³/mol. The molecule has 2 aliphatic heterocycles. The highest BCUT2D eigenvalue weighted by Gasteiger charge is 2.38. The van der Waals surface area contributed by atoms with Crippen LogP contribution in [0.4, 0.5) is 29.5 Å². The minimum atomic E-state index is -4.83. The Morgan fingerprint density at radius 2 is 1.91 bits per heavy atom. The highest BCUT2D eigenvalue weighted by Crippen LogP contribution is 2.38. The number of fused-ring (bicyclic) bond motifs is 2. The molecule has 1 atom stereocenters. The number of nitrogens with zero attached hydrogens (tertiary/aromatic N) is 6. The smallest absolute Gasteiger partial charge is 0.340 e. The zero-order chi connectivity index (χ0) is 24.4. The number of piperidine rings is 1. The lowest BCUT2D eigenvalue weighted by Gasteiger charge is -2.32. The summed E-state index contributed by atoms with van der Waals surface area (Å²) >= 11 is 0. The number of benzene rings is 1. The average molecular weight is 479 g/mol. The minimum absolute atomic E-state index is 0.0181. The molecule has 13 heteroatoms. The summed E-state index contributed by atoms with van der Waals surface area (Å²) in [6, 6.07) is 1.81. The minimum Gasteiger partial charge on any atom is -0.340 e. The molecule has 180 valence electrons. The first-order valence-electron chi connectivity index (χ1n) is 10.8. The maximum Gasteiger partial charge on any atom is 0.418 e. The Balaban J connectivity index is 1.86. The van der Waals surface area contributed by atoms with Gasteiger partial charge in [0.05, 0.1) is 11.3 Å². The molecule has 2 aromatic heterocycles. The lowest BCUT2D eigenvalue weighted by atomic mass is 10.1. The number of nitrogens with two attached hydrogens (primary N) is 1. The largest absolute Gasteiger partial charge is 0.418 e. The number of aromatic nitrogens is 4. The van der Waals surface area contributed by atoms with Crippen molar-refractivity contribution in [3.8, 4) is 5.69 Å². The molecule has 0 saturated carbocycles. The Morgan fingerprint density at radius 3 is 2.59 bits per heavy atom. The van der Waals surface area contributed by atoms with Crippen LogP contribution in [0, 0.1) is 5.82 Å². The second kappa shape index (κ2) is 7.79. The molecular weight excluding hydrogens is 458 g/mol. The van der Waals surface area contributed by atoms with E-state index < -0.39 is 28.8 Å². The average Bonchev–Trinajstić information content (AvgIpc) is 3.30. The van der Waals surface area contributed by atoms with Crippen molar-refractivity contribution in [2.24, 2.45) is 5.73 Å². The third kappa shape index (κ3) is 3.42. The SMILES string of the molecule is CCN1C(=O)Cn2c1nc1nc(N3CCC[C@@H](N)C3)n(-c3cc(F)ccc3C(F)(F)F)c1c2=O. The number of amides is 1. The van der Waals surface area contributed by atoms with Crippen LogP contribution in [-0.2, 0) is 17.5 Å². The molecular formula is C21H21F4N7O2. The fourth-order valence-electron chi connectivity index (χ4n) is 4.60. The van der Waals surface area contributed by atoms with Crippen molar-refractivity contribution < 1.29 is 22.4 Å². The van der Waals surface area contributed by atoms with Crippen molar-refractivity contribution in [3.05, 3.63) is 39.9 Å². The molecule has 2 N–H and O–H groups in total. The standard InChI is InChI=1S/C21H21F4N7O2/c1-2-30-15(33)10-31-18(34)16-17(28-20(30)31)27-19(29-7-3-4-12(26)9-29)32(16)14-8-11(22)5-6-13(14)21(23,24)25/h5-6,8,12H,2-4,7,9-10,26H2,1H3/t12-/m1/s1. The molecule has 0 unspecified atom stereocenters. The number of likely N-dealkylation sites (N-methyl/N-ethyl adjacent to an activating group) is 1. The monoisotopic (exact) mass is 479 g/mol. The Labute approximate surface area is 190 Å². The first-order chi connectivity index (χ1) is 16.1. The van der Waals surface area contributed by atoms with Crippen LogP contribution in [0.15, 0.2) is 23.0 Å². The quantitative estimate of drug-likeness (QED) is 0.577. The van der Waals surface area contributed by atoms with E-state index in [0.717, 1.165) is 21.6 Å². The van der Waals surface area contributed by atoms with Crippen LogP contribution >= 0.6 is 0 Å². The lowest BCUT2D eigenvalue weighted by Crippen LogP contribution is -2.44. The number of carbonyl (C=O) groups is 1. The van der Waals surface area contributed by atoms with Gasteiger partial charge >= 0.3 is 6.18 Å². The second-order valence-corrected chi connectivity index (χ2v) is 8.37. The summed E-state index contributed by atoms with van der Waals surface area (Å²) in [7, 11) is 0. The van der Waals surface area contributed by atoms with Crippen molar-refractivity contribution in [2.45, 2.75) is 38.5 Å². The molecule has 4 heterocycles. The Morgan fingerprint density at radius 1 is 1.18 bits per heavy atom. The van der Waals surface area contributed by atoms with Crippen molar-refractivity contribution in [1.82, 2.24) is 19.1 Å². The fraction of sp³-hybridized carbons (Fsp3) is 0.429. The first kappa shape index (κ1) is 22.3. The van der Waals surface area contributed by atoms with Gasteiger partial charge in [-0.2, -0.15) is 23.1 Å². The van der Waals surface area contributed by atoms with E-state index in [1.165, 1.54) is 4.90 Å². The van der Waals surface area contributed by atoms with Gasteiger partial charge in [0.15, 0.2) is 11.2 Å². The first-order valence-corrected chi connectivity index (χ1v) is 10.8. The number of rotatable bonds is 3. The van der Waals surface area contributed by atoms with E-state index in [4.69, 9.17) is 5.73 Å². The summed E-state index contributed by atoms with van der Waals surface area (Å²) in [6.45, 7) is 2.41. The molecule has 1 amide bonds. The summed E-state index contributed by atoms with van der Waals surface area (Å²) in [4.78, 5) is 37.6. The van der Waals surface area contributed by atoms with Gasteiger partial charge in [0, 0.05) is 25.7 Å². The van der Waals surface area contributed by atoms with Crippen LogP contribution in [0.5, 0.6) is 0 Å². The Kier molecular flexibility index (Phi) is 5.11. The predicted octanol–water partition coefficient (Wildman–Crippen LogP) is 2.03. The van der Waals surface area contributed by atoms with Gasteiger partial charge in [0.25, 0.3) is 5.56 Å². The second-order valence-electron chi connectivity index (χ2n) is 8.37. The van der Waals surface area contributed by atoms with Gasteiger partial charge in [-0.05, 0) is 38.0 Å². The number of anilines is 2. The lowest BCUT2D eigenvalue weighted by molar-refractivity contribution is -0.137. The molecule has 3 aromatic rings. The highest BCUT2D eigenvalue weighted by atomic mass is 19.4. The van der Waals surface area contributed by atoms with Crippen molar-refractivity contribution in [2.75, 3.05) is 29.4 Å². The van der Waals surface area contributed by atoms with Crippen LogP contribution in [0.25, 0.3) is 16.9 Å². The number of imidazole rings is 1. The van der Waals surface area contributed by atoms with Gasteiger partial charge in [0.1, 0.15) is 12.4 Å². The molecule has 0 radical (unpaired) electrons. The van der Waals surface area contributed by atoms with Crippen LogP contribution in [0.3, 0.4) is 0 Å². The molecule has 9 nitrogen and oxygen atoms in total. The molecule has 0 spiro atoms. The number of hydrogen-bond donors (Lipinski definition) is 1. The molecule has 2 aliphatic rings. The van der Waals surface area contributed by atoms with Gasteiger partial charge in [0.2, 0.25) is 17.8 Å². The topological polar surface area (TPSA) is 102 Å². The third-order valence-corrected chi connectivity index (χ3v) is 6.14.